The second-order valence-corrected chi connectivity index (χ2v) is 3.38. The average Bonchev–Trinajstić information content (AvgIpc) is 2.06. The molecule has 0 radical (unpaired) electrons. The number of hydrogen-bond acceptors (Lipinski definition) is 2. The van der Waals surface area contributed by atoms with Crippen molar-refractivity contribution in [1.82, 2.24) is 6.15 Å². The Labute approximate surface area is 84.7 Å². The van der Waals surface area contributed by atoms with E-state index in [0.717, 1.165) is 17.9 Å². The van der Waals surface area contributed by atoms with Gasteiger partial charge in [0.15, 0.2) is 0 Å². The van der Waals surface area contributed by atoms with E-state index in [2.05, 4.69) is 6.92 Å². The van der Waals surface area contributed by atoms with E-state index in [-0.39, 0.29) is 12.2 Å². The Morgan fingerprint density at radius 2 is 1.85 bits per heavy atom. The van der Waals surface area contributed by atoms with Gasteiger partial charge in [0.05, 0.1) is 0 Å². The molecular weight excluding hydrogens is 184 g/mol. The van der Waals surface area contributed by atoms with Gasteiger partial charge in [0.1, 0.15) is 0 Å². The Morgan fingerprint density at radius 3 is 2.31 bits per heavy atom. The van der Waals surface area contributed by atoms with Crippen LogP contribution in [0.15, 0.2) is 24.3 Å². The summed E-state index contributed by atoms with van der Waals surface area (Å²) >= 11 is 5.75. The van der Waals surface area contributed by atoms with Crippen molar-refractivity contribution in [2.45, 2.75) is 25.8 Å². The molecule has 1 atom stereocenters. The van der Waals surface area contributed by atoms with Gasteiger partial charge in [-0.05, 0) is 24.1 Å². The molecule has 0 aliphatic carbocycles. The molecule has 0 heterocycles. The third kappa shape index (κ3) is 3.77. The van der Waals surface area contributed by atoms with Crippen molar-refractivity contribution in [2.75, 3.05) is 0 Å². The molecule has 3 heteroatoms. The Morgan fingerprint density at radius 1 is 1.31 bits per heavy atom. The number of hydrogen-bond donors (Lipinski definition) is 2. The van der Waals surface area contributed by atoms with Gasteiger partial charge in [-0.15, -0.1) is 0 Å². The molecule has 0 fully saturated rings. The fourth-order valence-corrected chi connectivity index (χ4v) is 1.31. The van der Waals surface area contributed by atoms with E-state index in [9.17, 15) is 0 Å². The van der Waals surface area contributed by atoms with E-state index in [1.807, 2.05) is 24.3 Å². The standard InChI is InChI=1S/C10H14ClN.H3N/c1-2-3-10(12)8-4-6-9(11)7-5-8;/h4-7,10H,2-3,12H2,1H3;1H3. The molecule has 0 bridgehead atoms. The highest BCUT2D eigenvalue weighted by atomic mass is 35.5. The van der Waals surface area contributed by atoms with Crippen LogP contribution in [0.1, 0.15) is 31.4 Å². The van der Waals surface area contributed by atoms with E-state index < -0.39 is 0 Å². The first-order chi connectivity index (χ1) is 5.74. The van der Waals surface area contributed by atoms with Crippen LogP contribution in [0.25, 0.3) is 0 Å². The van der Waals surface area contributed by atoms with E-state index >= 15 is 0 Å². The lowest BCUT2D eigenvalue weighted by Crippen LogP contribution is -2.09. The van der Waals surface area contributed by atoms with Crippen molar-refractivity contribution < 1.29 is 0 Å². The van der Waals surface area contributed by atoms with Gasteiger partial charge in [-0.1, -0.05) is 37.1 Å². The first-order valence-electron chi connectivity index (χ1n) is 4.25. The molecule has 1 aromatic carbocycles. The summed E-state index contributed by atoms with van der Waals surface area (Å²) in [6, 6.07) is 7.90. The predicted octanol–water partition coefficient (Wildman–Crippen LogP) is 3.30. The summed E-state index contributed by atoms with van der Waals surface area (Å²) in [7, 11) is 0. The second-order valence-electron chi connectivity index (χ2n) is 2.95. The van der Waals surface area contributed by atoms with Crippen molar-refractivity contribution in [3.8, 4) is 0 Å². The Bertz CT molecular complexity index is 233. The SMILES string of the molecule is CCCC(N)c1ccc(Cl)cc1.N. The summed E-state index contributed by atoms with van der Waals surface area (Å²) in [6.07, 6.45) is 2.14. The lowest BCUT2D eigenvalue weighted by atomic mass is 10.0. The maximum Gasteiger partial charge on any atom is 0.0406 e. The van der Waals surface area contributed by atoms with Crippen LogP contribution >= 0.6 is 11.6 Å². The van der Waals surface area contributed by atoms with Gasteiger partial charge >= 0.3 is 0 Å². The third-order valence-electron chi connectivity index (χ3n) is 1.90. The van der Waals surface area contributed by atoms with Gasteiger partial charge in [-0.25, -0.2) is 0 Å². The van der Waals surface area contributed by atoms with Crippen LogP contribution in [0.5, 0.6) is 0 Å². The summed E-state index contributed by atoms with van der Waals surface area (Å²) in [5.41, 5.74) is 7.08. The number of halogens is 1. The topological polar surface area (TPSA) is 61.0 Å². The fourth-order valence-electron chi connectivity index (χ4n) is 1.19. The zero-order chi connectivity index (χ0) is 8.97. The fraction of sp³-hybridized carbons (Fsp3) is 0.400. The molecule has 1 aromatic rings. The molecule has 0 aliphatic heterocycles. The van der Waals surface area contributed by atoms with Crippen LogP contribution in [-0.2, 0) is 0 Å². The molecule has 0 saturated heterocycles. The van der Waals surface area contributed by atoms with Gasteiger partial charge in [0, 0.05) is 11.1 Å². The van der Waals surface area contributed by atoms with E-state index in [1.54, 1.807) is 0 Å². The monoisotopic (exact) mass is 200 g/mol. The molecule has 5 N–H and O–H groups in total. The minimum absolute atomic E-state index is 0. The Balaban J connectivity index is 0.00000144. The van der Waals surface area contributed by atoms with Crippen LogP contribution in [-0.4, -0.2) is 0 Å². The zero-order valence-corrected chi connectivity index (χ0v) is 8.72. The van der Waals surface area contributed by atoms with E-state index in [0.29, 0.717) is 0 Å². The van der Waals surface area contributed by atoms with Crippen molar-refractivity contribution in [2.24, 2.45) is 5.73 Å². The van der Waals surface area contributed by atoms with Crippen LogP contribution < -0.4 is 11.9 Å². The van der Waals surface area contributed by atoms with Crippen molar-refractivity contribution in [1.29, 1.82) is 0 Å². The van der Waals surface area contributed by atoms with Gasteiger partial charge < -0.3 is 11.9 Å². The van der Waals surface area contributed by atoms with Gasteiger partial charge in [-0.3, -0.25) is 0 Å². The maximum atomic E-state index is 5.91. The third-order valence-corrected chi connectivity index (χ3v) is 2.15. The quantitative estimate of drug-likeness (QED) is 0.787. The van der Waals surface area contributed by atoms with Gasteiger partial charge in [0.2, 0.25) is 0 Å². The average molecular weight is 201 g/mol. The van der Waals surface area contributed by atoms with Crippen molar-refractivity contribution in [3.63, 3.8) is 0 Å². The molecule has 0 aromatic heterocycles. The summed E-state index contributed by atoms with van der Waals surface area (Å²) in [4.78, 5) is 0. The molecular formula is C10H17ClN2. The molecule has 1 unspecified atom stereocenters. The normalized spacial score (nSPS) is 11.9. The molecule has 2 nitrogen and oxygen atoms in total. The Hall–Kier alpha value is -0.570. The highest BCUT2D eigenvalue weighted by Gasteiger charge is 2.02. The molecule has 74 valence electrons. The predicted molar refractivity (Wildman–Crippen MR) is 58.3 cm³/mol. The summed E-state index contributed by atoms with van der Waals surface area (Å²) in [5, 5.41) is 0.766. The van der Waals surface area contributed by atoms with Crippen LogP contribution in [0.3, 0.4) is 0 Å². The summed E-state index contributed by atoms with van der Waals surface area (Å²) in [6.45, 7) is 2.13. The van der Waals surface area contributed by atoms with Crippen molar-refractivity contribution in [3.05, 3.63) is 34.9 Å². The molecule has 0 aliphatic rings. The smallest absolute Gasteiger partial charge is 0.0406 e. The van der Waals surface area contributed by atoms with Crippen molar-refractivity contribution >= 4 is 11.6 Å². The number of benzene rings is 1. The minimum atomic E-state index is 0. The molecule has 0 spiro atoms. The lowest BCUT2D eigenvalue weighted by molar-refractivity contribution is 0.638. The first kappa shape index (κ1) is 12.4. The zero-order valence-electron chi connectivity index (χ0n) is 7.96. The second kappa shape index (κ2) is 5.97. The lowest BCUT2D eigenvalue weighted by Gasteiger charge is -2.09. The molecule has 1 rings (SSSR count). The summed E-state index contributed by atoms with van der Waals surface area (Å²) in [5.74, 6) is 0. The van der Waals surface area contributed by atoms with Crippen LogP contribution in [0, 0.1) is 0 Å². The van der Waals surface area contributed by atoms with Crippen LogP contribution in [0.4, 0.5) is 0 Å². The largest absolute Gasteiger partial charge is 0.344 e. The van der Waals surface area contributed by atoms with Crippen LogP contribution in [0.2, 0.25) is 5.02 Å². The van der Waals surface area contributed by atoms with E-state index in [1.165, 1.54) is 5.56 Å². The maximum absolute atomic E-state index is 5.91. The molecule has 0 saturated carbocycles. The number of nitrogens with two attached hydrogens (primary N) is 1. The summed E-state index contributed by atoms with van der Waals surface area (Å²) < 4.78 is 0. The Kier molecular flexibility index (Phi) is 5.71. The molecule has 13 heavy (non-hydrogen) atoms. The first-order valence-corrected chi connectivity index (χ1v) is 4.63. The highest BCUT2D eigenvalue weighted by Crippen LogP contribution is 2.17. The van der Waals surface area contributed by atoms with Gasteiger partial charge in [-0.2, -0.15) is 0 Å². The minimum Gasteiger partial charge on any atom is -0.344 e. The van der Waals surface area contributed by atoms with Gasteiger partial charge in [0.25, 0.3) is 0 Å². The molecule has 0 amide bonds. The highest BCUT2D eigenvalue weighted by molar-refractivity contribution is 6.30. The van der Waals surface area contributed by atoms with E-state index in [4.69, 9.17) is 17.3 Å². The number of rotatable bonds is 3.